The molecule has 0 saturated heterocycles. The van der Waals surface area contributed by atoms with E-state index < -0.39 is 7.60 Å². The number of rotatable bonds is 9. The third-order valence-corrected chi connectivity index (χ3v) is 8.29. The summed E-state index contributed by atoms with van der Waals surface area (Å²) in [5, 5.41) is 2.11. The lowest BCUT2D eigenvalue weighted by Gasteiger charge is -2.03. The molecule has 0 atom stereocenters. The molecule has 7 heteroatoms. The van der Waals surface area contributed by atoms with E-state index in [9.17, 15) is 4.57 Å². The van der Waals surface area contributed by atoms with Crippen LogP contribution in [-0.4, -0.2) is 15.9 Å². The molecule has 3 nitrogen and oxygen atoms in total. The van der Waals surface area contributed by atoms with Crippen molar-refractivity contribution in [1.29, 1.82) is 0 Å². The van der Waals surface area contributed by atoms with Crippen LogP contribution in [0, 0.1) is 0 Å². The predicted molar refractivity (Wildman–Crippen MR) is 110 cm³/mol. The molecule has 0 radical (unpaired) electrons. The maximum atomic E-state index is 10.8. The Kier molecular flexibility index (Phi) is 6.67. The summed E-state index contributed by atoms with van der Waals surface area (Å²) in [6.07, 6.45) is 4.66. The molecule has 0 bridgehead atoms. The standard InChI is InChI=1S/C18H21O3PS3/c19-22(20,21)12-4-2-1-3-6-14-8-9-17(24-14)18-11-10-16(25-18)15-7-5-13-23-15/h5,7-11,13H,1-4,6,12H2,(H2,19,20,21). The molecular formula is C18H21O3PS3. The minimum absolute atomic E-state index is 0.0150. The lowest BCUT2D eigenvalue weighted by molar-refractivity contribution is 0.370. The van der Waals surface area contributed by atoms with Gasteiger partial charge in [0.15, 0.2) is 0 Å². The number of aryl methyl sites for hydroxylation is 1. The van der Waals surface area contributed by atoms with Crippen molar-refractivity contribution in [3.05, 3.63) is 46.7 Å². The highest BCUT2D eigenvalue weighted by atomic mass is 32.1. The van der Waals surface area contributed by atoms with Crippen LogP contribution in [0.2, 0.25) is 0 Å². The number of hydrogen-bond donors (Lipinski definition) is 2. The summed E-state index contributed by atoms with van der Waals surface area (Å²) in [4.78, 5) is 24.4. The third kappa shape index (κ3) is 5.88. The first kappa shape index (κ1) is 19.0. The molecule has 3 heterocycles. The van der Waals surface area contributed by atoms with E-state index in [0.717, 1.165) is 25.7 Å². The molecule has 0 aliphatic rings. The molecule has 25 heavy (non-hydrogen) atoms. The molecule has 0 saturated carbocycles. The summed E-state index contributed by atoms with van der Waals surface area (Å²) >= 11 is 5.47. The van der Waals surface area contributed by atoms with E-state index in [1.54, 1.807) is 11.3 Å². The second-order valence-electron chi connectivity index (χ2n) is 5.96. The summed E-state index contributed by atoms with van der Waals surface area (Å²) in [5.74, 6) is 0. The van der Waals surface area contributed by atoms with Crippen molar-refractivity contribution in [1.82, 2.24) is 0 Å². The van der Waals surface area contributed by atoms with Gasteiger partial charge >= 0.3 is 7.60 Å². The van der Waals surface area contributed by atoms with E-state index in [2.05, 4.69) is 41.8 Å². The highest BCUT2D eigenvalue weighted by molar-refractivity contribution is 7.51. The maximum Gasteiger partial charge on any atom is 0.325 e. The van der Waals surface area contributed by atoms with Crippen LogP contribution in [0.15, 0.2) is 41.8 Å². The first-order valence-corrected chi connectivity index (χ1v) is 12.6. The Morgan fingerprint density at radius 2 is 1.48 bits per heavy atom. The lowest BCUT2D eigenvalue weighted by atomic mass is 10.1. The van der Waals surface area contributed by atoms with Gasteiger partial charge in [0.05, 0.1) is 0 Å². The van der Waals surface area contributed by atoms with Crippen molar-refractivity contribution in [2.45, 2.75) is 32.1 Å². The van der Waals surface area contributed by atoms with Crippen LogP contribution in [0.3, 0.4) is 0 Å². The smallest absolute Gasteiger partial charge is 0.324 e. The zero-order valence-electron chi connectivity index (χ0n) is 13.8. The number of thiophene rings is 3. The van der Waals surface area contributed by atoms with Crippen LogP contribution < -0.4 is 0 Å². The average Bonchev–Trinajstić information content (AvgIpc) is 3.30. The summed E-state index contributed by atoms with van der Waals surface area (Å²) < 4.78 is 10.8. The van der Waals surface area contributed by atoms with Crippen LogP contribution in [0.4, 0.5) is 0 Å². The molecule has 3 aromatic heterocycles. The topological polar surface area (TPSA) is 57.5 Å². The Bertz CT molecular complexity index is 830. The first-order chi connectivity index (χ1) is 12.0. The van der Waals surface area contributed by atoms with Crippen LogP contribution in [0.1, 0.15) is 30.6 Å². The third-order valence-electron chi connectivity index (χ3n) is 3.90. The second-order valence-corrected chi connectivity index (χ2v) is 10.9. The van der Waals surface area contributed by atoms with Crippen molar-refractivity contribution < 1.29 is 14.4 Å². The van der Waals surface area contributed by atoms with Gasteiger partial charge in [-0.25, -0.2) is 0 Å². The van der Waals surface area contributed by atoms with Gasteiger partial charge in [-0.05, 0) is 55.0 Å². The van der Waals surface area contributed by atoms with Crippen molar-refractivity contribution >= 4 is 41.6 Å². The molecule has 0 unspecified atom stereocenters. The van der Waals surface area contributed by atoms with E-state index in [0.29, 0.717) is 6.42 Å². The van der Waals surface area contributed by atoms with Gasteiger partial charge in [0, 0.05) is 30.5 Å². The molecule has 0 aliphatic carbocycles. The number of unbranched alkanes of at least 4 members (excludes halogenated alkanes) is 3. The van der Waals surface area contributed by atoms with Crippen LogP contribution >= 0.6 is 41.6 Å². The zero-order chi connectivity index (χ0) is 17.7. The summed E-state index contributed by atoms with van der Waals surface area (Å²) in [5.41, 5.74) is 0. The molecule has 3 rings (SSSR count). The zero-order valence-corrected chi connectivity index (χ0v) is 17.1. The Labute approximate surface area is 160 Å². The fourth-order valence-corrected chi connectivity index (χ4v) is 6.25. The van der Waals surface area contributed by atoms with Gasteiger partial charge in [-0.15, -0.1) is 34.0 Å². The highest BCUT2D eigenvalue weighted by Crippen LogP contribution is 2.39. The molecule has 0 amide bonds. The SMILES string of the molecule is O=P(O)(O)CCCCCCc1ccc(-c2ccc(-c3cccs3)s2)s1. The van der Waals surface area contributed by atoms with E-state index in [4.69, 9.17) is 9.79 Å². The van der Waals surface area contributed by atoms with Crippen molar-refractivity contribution in [3.63, 3.8) is 0 Å². The minimum Gasteiger partial charge on any atom is -0.324 e. The van der Waals surface area contributed by atoms with E-state index in [1.807, 2.05) is 22.7 Å². The van der Waals surface area contributed by atoms with Gasteiger partial charge in [-0.2, -0.15) is 0 Å². The predicted octanol–water partition coefficient (Wildman–Crippen LogP) is 6.49. The fraction of sp³-hybridized carbons (Fsp3) is 0.333. The van der Waals surface area contributed by atoms with Gasteiger partial charge in [-0.3, -0.25) is 4.57 Å². The molecule has 0 aliphatic heterocycles. The normalized spacial score (nSPS) is 11.9. The Hall–Kier alpha value is -0.750. The molecule has 0 fully saturated rings. The Balaban J connectivity index is 1.47. The highest BCUT2D eigenvalue weighted by Gasteiger charge is 2.11. The largest absolute Gasteiger partial charge is 0.325 e. The molecular weight excluding hydrogens is 391 g/mol. The monoisotopic (exact) mass is 412 g/mol. The number of hydrogen-bond acceptors (Lipinski definition) is 4. The molecule has 0 spiro atoms. The van der Waals surface area contributed by atoms with Crippen molar-refractivity contribution in [3.8, 4) is 19.5 Å². The van der Waals surface area contributed by atoms with Crippen molar-refractivity contribution in [2.75, 3.05) is 6.16 Å². The maximum absolute atomic E-state index is 10.8. The van der Waals surface area contributed by atoms with Gasteiger partial charge in [0.25, 0.3) is 0 Å². The van der Waals surface area contributed by atoms with Gasteiger partial charge in [-0.1, -0.05) is 18.9 Å². The molecule has 3 aromatic rings. The average molecular weight is 413 g/mol. The quantitative estimate of drug-likeness (QED) is 0.312. The first-order valence-electron chi connectivity index (χ1n) is 8.29. The molecule has 134 valence electrons. The van der Waals surface area contributed by atoms with E-state index in [-0.39, 0.29) is 6.16 Å². The Morgan fingerprint density at radius 3 is 2.20 bits per heavy atom. The van der Waals surface area contributed by atoms with E-state index in [1.165, 1.54) is 24.4 Å². The Morgan fingerprint density at radius 1 is 0.800 bits per heavy atom. The second kappa shape index (κ2) is 8.76. The fourth-order valence-electron chi connectivity index (χ4n) is 2.64. The van der Waals surface area contributed by atoms with Crippen molar-refractivity contribution in [2.24, 2.45) is 0 Å². The van der Waals surface area contributed by atoms with Crippen LogP contribution in [-0.2, 0) is 11.0 Å². The van der Waals surface area contributed by atoms with Crippen LogP contribution in [0.5, 0.6) is 0 Å². The van der Waals surface area contributed by atoms with Gasteiger partial charge in [0.1, 0.15) is 0 Å². The summed E-state index contributed by atoms with van der Waals surface area (Å²) in [6.45, 7) is 0. The lowest BCUT2D eigenvalue weighted by Crippen LogP contribution is -1.89. The van der Waals surface area contributed by atoms with E-state index >= 15 is 0 Å². The summed E-state index contributed by atoms with van der Waals surface area (Å²) in [7, 11) is -3.82. The van der Waals surface area contributed by atoms with Crippen LogP contribution in [0.25, 0.3) is 19.5 Å². The summed E-state index contributed by atoms with van der Waals surface area (Å²) in [6, 6.07) is 13.1. The molecule has 0 aromatic carbocycles. The minimum atomic E-state index is -3.82. The van der Waals surface area contributed by atoms with Gasteiger partial charge in [0.2, 0.25) is 0 Å². The van der Waals surface area contributed by atoms with Gasteiger partial charge < -0.3 is 9.79 Å². The molecule has 2 N–H and O–H groups in total.